The zero-order valence-corrected chi connectivity index (χ0v) is 11.5. The molecule has 1 fully saturated rings. The lowest BCUT2D eigenvalue weighted by atomic mass is 10.2. The molecule has 3 rings (SSSR count). The number of benzene rings is 1. The third-order valence-electron chi connectivity index (χ3n) is 3.50. The zero-order valence-electron chi connectivity index (χ0n) is 11.5. The molecular weight excluding hydrogens is 292 g/mol. The van der Waals surface area contributed by atoms with Crippen molar-refractivity contribution in [3.8, 4) is 0 Å². The SMILES string of the molecule is [N-]=[N+]=C1N=C(c2ccc(F)cc2F)N=C1C(=O)N1CCCC1. The summed E-state index contributed by atoms with van der Waals surface area (Å²) in [6, 6.07) is 2.93. The molecule has 0 N–H and O–H groups in total. The summed E-state index contributed by atoms with van der Waals surface area (Å²) < 4.78 is 26.7. The highest BCUT2D eigenvalue weighted by Crippen LogP contribution is 2.16. The number of hydrogen-bond acceptors (Lipinski definition) is 2. The number of nitrogens with zero attached hydrogens (tertiary/aromatic N) is 5. The van der Waals surface area contributed by atoms with E-state index in [2.05, 4.69) is 14.8 Å². The summed E-state index contributed by atoms with van der Waals surface area (Å²) >= 11 is 0. The van der Waals surface area contributed by atoms with Crippen molar-refractivity contribution in [3.05, 3.63) is 40.9 Å². The molecule has 0 aliphatic carbocycles. The van der Waals surface area contributed by atoms with Crippen LogP contribution in [0.2, 0.25) is 0 Å². The molecule has 6 nitrogen and oxygen atoms in total. The van der Waals surface area contributed by atoms with Crippen molar-refractivity contribution in [2.75, 3.05) is 13.1 Å². The quantitative estimate of drug-likeness (QED) is 0.601. The number of rotatable bonds is 2. The highest BCUT2D eigenvalue weighted by atomic mass is 19.1. The summed E-state index contributed by atoms with van der Waals surface area (Å²) in [6.45, 7) is 1.19. The Balaban J connectivity index is 1.96. The molecule has 0 unspecified atom stereocenters. The summed E-state index contributed by atoms with van der Waals surface area (Å²) in [5.74, 6) is -2.38. The van der Waals surface area contributed by atoms with Crippen molar-refractivity contribution in [3.63, 3.8) is 0 Å². The van der Waals surface area contributed by atoms with E-state index in [1.807, 2.05) is 0 Å². The summed E-state index contributed by atoms with van der Waals surface area (Å²) in [7, 11) is 0. The van der Waals surface area contributed by atoms with Gasteiger partial charge in [0.1, 0.15) is 11.6 Å². The van der Waals surface area contributed by atoms with Crippen LogP contribution >= 0.6 is 0 Å². The Morgan fingerprint density at radius 3 is 2.59 bits per heavy atom. The Bertz CT molecular complexity index is 758. The number of likely N-dealkylation sites (tertiary alicyclic amines) is 1. The van der Waals surface area contributed by atoms with Crippen LogP contribution in [0.4, 0.5) is 8.78 Å². The van der Waals surface area contributed by atoms with Gasteiger partial charge in [0.2, 0.25) is 5.71 Å². The molecule has 0 spiro atoms. The first kappa shape index (κ1) is 14.2. The standard InChI is InChI=1S/C14H11F2N5O/c15-8-3-4-9(10(16)7-8)12-18-11(13(19-12)20-17)14(22)21-5-1-2-6-21/h3-4,7H,1-2,5-6H2. The molecule has 2 heterocycles. The van der Waals surface area contributed by atoms with Gasteiger partial charge in [-0.1, -0.05) is 0 Å². The molecule has 0 saturated carbocycles. The van der Waals surface area contributed by atoms with E-state index in [0.717, 1.165) is 18.9 Å². The first-order chi connectivity index (χ1) is 10.6. The van der Waals surface area contributed by atoms with Gasteiger partial charge in [0.05, 0.1) is 5.56 Å². The van der Waals surface area contributed by atoms with E-state index in [0.29, 0.717) is 19.2 Å². The first-order valence-corrected chi connectivity index (χ1v) is 6.74. The maximum Gasteiger partial charge on any atom is 0.435 e. The van der Waals surface area contributed by atoms with Crippen molar-refractivity contribution < 1.29 is 18.4 Å². The zero-order chi connectivity index (χ0) is 15.7. The molecule has 2 aliphatic heterocycles. The van der Waals surface area contributed by atoms with Crippen LogP contribution in [0.15, 0.2) is 28.2 Å². The van der Waals surface area contributed by atoms with Gasteiger partial charge in [-0.25, -0.2) is 8.78 Å². The minimum absolute atomic E-state index is 0.0632. The van der Waals surface area contributed by atoms with Crippen molar-refractivity contribution in [1.29, 1.82) is 0 Å². The molecule has 1 aromatic rings. The van der Waals surface area contributed by atoms with Crippen LogP contribution in [0.5, 0.6) is 0 Å². The van der Waals surface area contributed by atoms with Gasteiger partial charge in [0.15, 0.2) is 0 Å². The van der Waals surface area contributed by atoms with E-state index in [1.54, 1.807) is 4.90 Å². The second-order valence-electron chi connectivity index (χ2n) is 4.94. The highest BCUT2D eigenvalue weighted by Gasteiger charge is 2.38. The van der Waals surface area contributed by atoms with E-state index in [4.69, 9.17) is 5.53 Å². The lowest BCUT2D eigenvalue weighted by Gasteiger charge is -2.12. The molecule has 0 atom stereocenters. The fourth-order valence-electron chi connectivity index (χ4n) is 2.41. The fraction of sp³-hybridized carbons (Fsp3) is 0.286. The van der Waals surface area contributed by atoms with E-state index in [-0.39, 0.29) is 22.9 Å². The molecule has 22 heavy (non-hydrogen) atoms. The van der Waals surface area contributed by atoms with Crippen molar-refractivity contribution in [2.24, 2.45) is 9.98 Å². The van der Waals surface area contributed by atoms with Crippen molar-refractivity contribution in [1.82, 2.24) is 4.90 Å². The van der Waals surface area contributed by atoms with Gasteiger partial charge in [-0.2, -0.15) is 4.99 Å². The number of amides is 1. The predicted octanol–water partition coefficient (Wildman–Crippen LogP) is 1.42. The van der Waals surface area contributed by atoms with Gasteiger partial charge in [0, 0.05) is 19.2 Å². The largest absolute Gasteiger partial charge is 0.497 e. The minimum Gasteiger partial charge on any atom is -0.497 e. The van der Waals surface area contributed by atoms with E-state index >= 15 is 0 Å². The van der Waals surface area contributed by atoms with E-state index in [9.17, 15) is 13.6 Å². The van der Waals surface area contributed by atoms with Gasteiger partial charge in [0.25, 0.3) is 11.7 Å². The summed E-state index contributed by atoms with van der Waals surface area (Å²) in [5.41, 5.74) is 8.78. The molecule has 1 aromatic carbocycles. The van der Waals surface area contributed by atoms with Gasteiger partial charge in [-0.05, 0) is 30.0 Å². The second kappa shape index (κ2) is 5.57. The van der Waals surface area contributed by atoms with Crippen LogP contribution in [0, 0.1) is 11.6 Å². The molecule has 2 aliphatic rings. The highest BCUT2D eigenvalue weighted by molar-refractivity contribution is 6.68. The minimum atomic E-state index is -0.852. The molecule has 1 saturated heterocycles. The Morgan fingerprint density at radius 1 is 1.23 bits per heavy atom. The molecule has 0 radical (unpaired) electrons. The van der Waals surface area contributed by atoms with Crippen LogP contribution < -0.4 is 0 Å². The molecule has 0 aromatic heterocycles. The number of carbonyl (C=O) groups excluding carboxylic acids is 1. The van der Waals surface area contributed by atoms with Gasteiger partial charge in [-0.3, -0.25) is 4.79 Å². The number of aliphatic imine (C=N–C) groups is 2. The Kier molecular flexibility index (Phi) is 3.60. The van der Waals surface area contributed by atoms with Crippen molar-refractivity contribution >= 4 is 23.3 Å². The number of carbonyl (C=O) groups is 1. The lowest BCUT2D eigenvalue weighted by molar-refractivity contribution is -0.123. The Labute approximate surface area is 124 Å². The van der Waals surface area contributed by atoms with Crippen molar-refractivity contribution in [2.45, 2.75) is 12.8 Å². The average Bonchev–Trinajstić information content (AvgIpc) is 3.16. The summed E-state index contributed by atoms with van der Waals surface area (Å²) in [4.78, 5) is 24.6. The summed E-state index contributed by atoms with van der Waals surface area (Å²) in [6.07, 6.45) is 1.79. The Morgan fingerprint density at radius 2 is 1.95 bits per heavy atom. The normalized spacial score (nSPS) is 17.4. The van der Waals surface area contributed by atoms with Crippen LogP contribution in [-0.4, -0.2) is 46.1 Å². The van der Waals surface area contributed by atoms with Crippen LogP contribution in [0.1, 0.15) is 18.4 Å². The van der Waals surface area contributed by atoms with Crippen LogP contribution in [-0.2, 0) is 4.79 Å². The summed E-state index contributed by atoms with van der Waals surface area (Å²) in [5, 5.41) is 0. The number of hydrogen-bond donors (Lipinski definition) is 0. The van der Waals surface area contributed by atoms with Crippen LogP contribution in [0.3, 0.4) is 0 Å². The topological polar surface area (TPSA) is 81.4 Å². The van der Waals surface area contributed by atoms with E-state index < -0.39 is 17.5 Å². The van der Waals surface area contributed by atoms with Crippen LogP contribution in [0.25, 0.3) is 5.53 Å². The number of halogens is 2. The third-order valence-corrected chi connectivity index (χ3v) is 3.50. The van der Waals surface area contributed by atoms with Gasteiger partial charge < -0.3 is 15.2 Å². The predicted molar refractivity (Wildman–Crippen MR) is 74.8 cm³/mol. The smallest absolute Gasteiger partial charge is 0.435 e. The molecule has 8 heteroatoms. The molecule has 1 amide bonds. The Hall–Kier alpha value is -2.73. The van der Waals surface area contributed by atoms with E-state index in [1.165, 1.54) is 6.07 Å². The lowest BCUT2D eigenvalue weighted by Crippen LogP contribution is -2.37. The fourth-order valence-corrected chi connectivity index (χ4v) is 2.41. The second-order valence-corrected chi connectivity index (χ2v) is 4.94. The first-order valence-electron chi connectivity index (χ1n) is 6.74. The van der Waals surface area contributed by atoms with Gasteiger partial charge >= 0.3 is 5.84 Å². The molecular formula is C14H11F2N5O. The average molecular weight is 303 g/mol. The molecule has 112 valence electrons. The molecule has 0 bridgehead atoms. The third kappa shape index (κ3) is 2.44. The number of amidine groups is 2. The monoisotopic (exact) mass is 303 g/mol. The maximum absolute atomic E-state index is 13.8. The van der Waals surface area contributed by atoms with Gasteiger partial charge in [-0.15, -0.1) is 0 Å². The maximum atomic E-state index is 13.8.